The van der Waals surface area contributed by atoms with Crippen LogP contribution in [0.25, 0.3) is 0 Å². The van der Waals surface area contributed by atoms with E-state index in [1.54, 1.807) is 0 Å². The summed E-state index contributed by atoms with van der Waals surface area (Å²) in [6.45, 7) is 9.57. The minimum absolute atomic E-state index is 0.0339. The minimum atomic E-state index is -2.73. The first kappa shape index (κ1) is 16.7. The highest BCUT2D eigenvalue weighted by Crippen LogP contribution is 2.64. The second-order valence-corrected chi connectivity index (χ2v) is 10.4. The number of benzene rings is 1. The first-order valence-corrected chi connectivity index (χ1v) is 11.0. The van der Waals surface area contributed by atoms with Crippen molar-refractivity contribution in [1.82, 2.24) is 10.3 Å². The van der Waals surface area contributed by atoms with Crippen LogP contribution < -0.4 is 10.2 Å². The van der Waals surface area contributed by atoms with Crippen LogP contribution >= 0.6 is 7.29 Å². The Kier molecular flexibility index (Phi) is 3.97. The second-order valence-electron chi connectivity index (χ2n) is 7.76. The Labute approximate surface area is 149 Å². The molecule has 25 heavy (non-hydrogen) atoms. The molecule has 2 saturated heterocycles. The summed E-state index contributed by atoms with van der Waals surface area (Å²) in [6, 6.07) is 9.94. The normalized spacial score (nSPS) is 28.5. The molecule has 0 unspecified atom stereocenters. The molecular weight excluding hydrogens is 333 g/mol. The maximum Gasteiger partial charge on any atom is 0.219 e. The van der Waals surface area contributed by atoms with E-state index in [-0.39, 0.29) is 5.41 Å². The average Bonchev–Trinajstić information content (AvgIpc) is 2.85. The standard InChI is InChI=1S/C19H26N3O2P/c1-19(2)13-16-18(17(14-19)21-9-11-24-12-10-21)25(3,23)22(20-16)15-7-5-4-6-8-15/h4-8,13,20H,9-12,14H2,1-3H3/t25-/m1/s1. The van der Waals surface area contributed by atoms with Gasteiger partial charge in [0.1, 0.15) is 0 Å². The smallest absolute Gasteiger partial charge is 0.219 e. The van der Waals surface area contributed by atoms with Crippen molar-refractivity contribution >= 4 is 13.0 Å². The highest BCUT2D eigenvalue weighted by molar-refractivity contribution is 7.69. The van der Waals surface area contributed by atoms with Crippen molar-refractivity contribution in [2.24, 2.45) is 5.41 Å². The topological polar surface area (TPSA) is 44.8 Å². The number of hydrazine groups is 1. The zero-order valence-corrected chi connectivity index (χ0v) is 16.1. The summed E-state index contributed by atoms with van der Waals surface area (Å²) in [6.07, 6.45) is 3.15. The van der Waals surface area contributed by atoms with E-state index in [1.165, 1.54) is 5.70 Å². The molecule has 0 aromatic heterocycles. The van der Waals surface area contributed by atoms with E-state index in [1.807, 2.05) is 41.8 Å². The zero-order chi connectivity index (χ0) is 17.7. The van der Waals surface area contributed by atoms with Gasteiger partial charge in [-0.2, -0.15) is 0 Å². The van der Waals surface area contributed by atoms with E-state index in [0.717, 1.165) is 49.4 Å². The van der Waals surface area contributed by atoms with Gasteiger partial charge in [-0.3, -0.25) is 9.99 Å². The number of para-hydroxylation sites is 1. The van der Waals surface area contributed by atoms with Crippen LogP contribution in [0.2, 0.25) is 0 Å². The molecule has 3 aliphatic rings. The number of nitrogens with one attached hydrogen (secondary N) is 1. The van der Waals surface area contributed by atoms with Crippen LogP contribution in [0.5, 0.6) is 0 Å². The predicted octanol–water partition coefficient (Wildman–Crippen LogP) is 3.78. The highest BCUT2D eigenvalue weighted by atomic mass is 31.2. The molecule has 1 aromatic carbocycles. The number of hydrogen-bond acceptors (Lipinski definition) is 4. The first-order chi connectivity index (χ1) is 11.9. The molecule has 1 aromatic rings. The Balaban J connectivity index is 1.82. The maximum absolute atomic E-state index is 13.9. The molecule has 1 atom stereocenters. The molecule has 1 aliphatic carbocycles. The SMILES string of the molecule is CC1(C)C=C2NN(c3ccccc3)[P@](C)(=O)C2=C(N2CCOCC2)C1. The van der Waals surface area contributed by atoms with Gasteiger partial charge in [-0.1, -0.05) is 38.1 Å². The van der Waals surface area contributed by atoms with E-state index in [9.17, 15) is 4.57 Å². The van der Waals surface area contributed by atoms with Crippen molar-refractivity contribution in [2.75, 3.05) is 37.7 Å². The van der Waals surface area contributed by atoms with Gasteiger partial charge in [0.25, 0.3) is 0 Å². The van der Waals surface area contributed by atoms with Gasteiger partial charge in [-0.25, -0.2) is 4.78 Å². The number of morpholine rings is 1. The first-order valence-electron chi connectivity index (χ1n) is 8.88. The van der Waals surface area contributed by atoms with Crippen LogP contribution in [-0.4, -0.2) is 37.9 Å². The molecule has 0 bridgehead atoms. The summed E-state index contributed by atoms with van der Waals surface area (Å²) >= 11 is 0. The molecule has 134 valence electrons. The van der Waals surface area contributed by atoms with Crippen LogP contribution in [0.15, 0.2) is 53.1 Å². The van der Waals surface area contributed by atoms with E-state index in [4.69, 9.17) is 4.74 Å². The van der Waals surface area contributed by atoms with Gasteiger partial charge in [0.15, 0.2) is 0 Å². The van der Waals surface area contributed by atoms with Crippen molar-refractivity contribution in [2.45, 2.75) is 20.3 Å². The largest absolute Gasteiger partial charge is 0.378 e. The summed E-state index contributed by atoms with van der Waals surface area (Å²) < 4.78 is 21.3. The van der Waals surface area contributed by atoms with Gasteiger partial charge in [0, 0.05) is 25.5 Å². The zero-order valence-electron chi connectivity index (χ0n) is 15.2. The average molecular weight is 359 g/mol. The third-order valence-electron chi connectivity index (χ3n) is 5.10. The highest BCUT2D eigenvalue weighted by Gasteiger charge is 2.46. The molecule has 0 amide bonds. The summed E-state index contributed by atoms with van der Waals surface area (Å²) in [5.74, 6) is 0. The third kappa shape index (κ3) is 2.90. The van der Waals surface area contributed by atoms with Gasteiger partial charge in [0.05, 0.1) is 29.9 Å². The molecule has 2 heterocycles. The van der Waals surface area contributed by atoms with Crippen molar-refractivity contribution in [3.8, 4) is 0 Å². The van der Waals surface area contributed by atoms with Crippen LogP contribution in [-0.2, 0) is 9.30 Å². The Bertz CT molecular complexity index is 779. The van der Waals surface area contributed by atoms with Gasteiger partial charge >= 0.3 is 0 Å². The number of allylic oxidation sites excluding steroid dienone is 3. The molecule has 0 spiro atoms. The lowest BCUT2D eigenvalue weighted by Crippen LogP contribution is -2.38. The quantitative estimate of drug-likeness (QED) is 0.815. The molecule has 4 rings (SSSR count). The van der Waals surface area contributed by atoms with Gasteiger partial charge < -0.3 is 9.64 Å². The van der Waals surface area contributed by atoms with E-state index < -0.39 is 7.29 Å². The Morgan fingerprint density at radius 1 is 1.16 bits per heavy atom. The Hall–Kier alpha value is -1.71. The molecule has 2 fully saturated rings. The summed E-state index contributed by atoms with van der Waals surface area (Å²) in [4.78, 5) is 2.37. The van der Waals surface area contributed by atoms with Gasteiger partial charge in [0.2, 0.25) is 7.29 Å². The van der Waals surface area contributed by atoms with Crippen LogP contribution in [0.3, 0.4) is 0 Å². The fourth-order valence-corrected chi connectivity index (χ4v) is 6.32. The Morgan fingerprint density at radius 2 is 1.84 bits per heavy atom. The van der Waals surface area contributed by atoms with Crippen molar-refractivity contribution in [3.63, 3.8) is 0 Å². The van der Waals surface area contributed by atoms with Crippen molar-refractivity contribution in [1.29, 1.82) is 0 Å². The summed E-state index contributed by atoms with van der Waals surface area (Å²) in [5, 5.41) is 0.998. The maximum atomic E-state index is 13.9. The van der Waals surface area contributed by atoms with E-state index in [2.05, 4.69) is 30.2 Å². The third-order valence-corrected chi connectivity index (χ3v) is 7.53. The molecule has 5 nitrogen and oxygen atoms in total. The fourth-order valence-electron chi connectivity index (χ4n) is 3.99. The van der Waals surface area contributed by atoms with Crippen molar-refractivity contribution < 1.29 is 9.30 Å². The fraction of sp³-hybridized carbons (Fsp3) is 0.474. The van der Waals surface area contributed by atoms with Crippen LogP contribution in [0, 0.1) is 5.41 Å². The number of anilines is 1. The number of fused-ring (bicyclic) bond motifs is 1. The molecule has 0 saturated carbocycles. The second kappa shape index (κ2) is 5.93. The molecule has 1 N–H and O–H groups in total. The lowest BCUT2D eigenvalue weighted by Gasteiger charge is -2.38. The number of nitrogens with zero attached hydrogens (tertiary/aromatic N) is 2. The number of hydrogen-bond donors (Lipinski definition) is 1. The van der Waals surface area contributed by atoms with Crippen molar-refractivity contribution in [3.05, 3.63) is 53.1 Å². The monoisotopic (exact) mass is 359 g/mol. The lowest BCUT2D eigenvalue weighted by atomic mass is 9.82. The van der Waals surface area contributed by atoms with Crippen LogP contribution in [0.1, 0.15) is 20.3 Å². The lowest BCUT2D eigenvalue weighted by molar-refractivity contribution is 0.0497. The molecule has 0 radical (unpaired) electrons. The number of ether oxygens (including phenoxy) is 1. The van der Waals surface area contributed by atoms with Gasteiger partial charge in [-0.15, -0.1) is 0 Å². The summed E-state index contributed by atoms with van der Waals surface area (Å²) in [5.41, 5.74) is 6.65. The minimum Gasteiger partial charge on any atom is -0.378 e. The molecule has 6 heteroatoms. The van der Waals surface area contributed by atoms with E-state index >= 15 is 0 Å². The predicted molar refractivity (Wildman–Crippen MR) is 101 cm³/mol. The van der Waals surface area contributed by atoms with Gasteiger partial charge in [-0.05, 0) is 24.0 Å². The Morgan fingerprint density at radius 3 is 2.52 bits per heavy atom. The van der Waals surface area contributed by atoms with Crippen LogP contribution in [0.4, 0.5) is 5.69 Å². The number of rotatable bonds is 2. The molecular formula is C19H26N3O2P. The summed E-state index contributed by atoms with van der Waals surface area (Å²) in [7, 11) is -2.73. The molecule has 2 aliphatic heterocycles. The van der Waals surface area contributed by atoms with E-state index in [0.29, 0.717) is 0 Å².